The van der Waals surface area contributed by atoms with Gasteiger partial charge in [-0.2, -0.15) is 4.31 Å². The number of carbonyl (C=O) groups is 3. The van der Waals surface area contributed by atoms with Crippen molar-refractivity contribution >= 4 is 69.1 Å². The van der Waals surface area contributed by atoms with Gasteiger partial charge < -0.3 is 55.6 Å². The van der Waals surface area contributed by atoms with Crippen LogP contribution in [0.1, 0.15) is 91.2 Å². The maximum absolute atomic E-state index is 12.7. The second-order valence-corrected chi connectivity index (χ2v) is 21.2. The predicted octanol–water partition coefficient (Wildman–Crippen LogP) is 1.96. The van der Waals surface area contributed by atoms with E-state index in [1.807, 2.05) is 0 Å². The molecule has 0 bridgehead atoms. The number of nitrogens with one attached hydrogen (secondary N) is 2. The van der Waals surface area contributed by atoms with Gasteiger partial charge in [0.05, 0.1) is 31.7 Å². The minimum atomic E-state index is -5.58. The smallest absolute Gasteiger partial charge is 0.386 e. The first-order valence-corrected chi connectivity index (χ1v) is 25.7. The average molecular weight is 978 g/mol. The summed E-state index contributed by atoms with van der Waals surface area (Å²) in [5.74, 6) is -1.10. The largest absolute Gasteiger partial charge is 0.481 e. The van der Waals surface area contributed by atoms with Crippen LogP contribution in [0.15, 0.2) is 12.7 Å². The van der Waals surface area contributed by atoms with Gasteiger partial charge in [0, 0.05) is 37.1 Å². The number of fused-ring (bicyclic) bond motifs is 1. The summed E-state index contributed by atoms with van der Waals surface area (Å²) in [5.41, 5.74) is 3.91. The molecule has 2 fully saturated rings. The molecule has 0 aliphatic carbocycles. The van der Waals surface area contributed by atoms with Crippen molar-refractivity contribution < 1.29 is 85.2 Å². The minimum Gasteiger partial charge on any atom is -0.386 e. The number of epoxide rings is 1. The first-order valence-electron chi connectivity index (χ1n) is 20.2. The fourth-order valence-corrected chi connectivity index (χ4v) is 10.1. The number of hydrogen-bond acceptors (Lipinski definition) is 19. The lowest BCUT2D eigenvalue weighted by atomic mass is 9.87. The monoisotopic (exact) mass is 977 g/mol. The van der Waals surface area contributed by atoms with Crippen molar-refractivity contribution in [3.8, 4) is 0 Å². The van der Waals surface area contributed by atoms with Crippen LogP contribution in [0, 0.1) is 5.41 Å². The molecule has 25 nitrogen and oxygen atoms in total. The van der Waals surface area contributed by atoms with Crippen LogP contribution >= 0.6 is 35.2 Å². The molecular formula is C34H58N7O18P3S. The Balaban J connectivity index is 1.15. The Morgan fingerprint density at radius 3 is 2.35 bits per heavy atom. The van der Waals surface area contributed by atoms with Crippen molar-refractivity contribution in [3.63, 3.8) is 0 Å². The third kappa shape index (κ3) is 17.0. The highest BCUT2D eigenvalue weighted by Crippen LogP contribution is 2.61. The molecule has 3 unspecified atom stereocenters. The number of phosphoric ester groups is 3. The highest BCUT2D eigenvalue weighted by atomic mass is 32.2. The number of aliphatic hydroxyl groups excluding tert-OH is 2. The van der Waals surface area contributed by atoms with Crippen LogP contribution in [-0.2, 0) is 55.4 Å². The number of anilines is 1. The lowest BCUT2D eigenvalue weighted by molar-refractivity contribution is -0.137. The summed E-state index contributed by atoms with van der Waals surface area (Å²) in [5, 5.41) is 26.6. The fourth-order valence-electron chi connectivity index (χ4n) is 6.45. The summed E-state index contributed by atoms with van der Waals surface area (Å²) in [7, 11) is -16.4. The first-order chi connectivity index (χ1) is 29.5. The zero-order valence-corrected chi connectivity index (χ0v) is 38.6. The number of hydrogen-bond donors (Lipinski definition) is 9. The van der Waals surface area contributed by atoms with E-state index in [1.54, 1.807) is 0 Å². The highest BCUT2D eigenvalue weighted by molar-refractivity contribution is 8.13. The summed E-state index contributed by atoms with van der Waals surface area (Å²) in [6.07, 6.45) is 2.51. The van der Waals surface area contributed by atoms with Gasteiger partial charge in [-0.25, -0.2) is 28.6 Å². The van der Waals surface area contributed by atoms with E-state index >= 15 is 0 Å². The predicted molar refractivity (Wildman–Crippen MR) is 223 cm³/mol. The Kier molecular flexibility index (Phi) is 19.7. The van der Waals surface area contributed by atoms with Gasteiger partial charge in [-0.3, -0.25) is 32.5 Å². The van der Waals surface area contributed by atoms with Gasteiger partial charge >= 0.3 is 23.5 Å². The zero-order chi connectivity index (χ0) is 46.6. The van der Waals surface area contributed by atoms with Gasteiger partial charge in [0.15, 0.2) is 22.8 Å². The van der Waals surface area contributed by atoms with Crippen molar-refractivity contribution in [2.45, 2.75) is 121 Å². The van der Waals surface area contributed by atoms with Crippen LogP contribution in [0.5, 0.6) is 0 Å². The van der Waals surface area contributed by atoms with E-state index in [2.05, 4.69) is 41.3 Å². The standard InChI is InChI=1S/C34H58N7O18P3S/c1-4-5-6-7-8-9-10-12-34(19-54-34)16-24(43)63-15-14-36-23(42)11-13-37-31(46)28(45)33(2,3)18-56-62(52,53)59-61(50,51)55-17-22-27(58-60(47,48)49)26(44)32(57-22)41-21-40-25-29(35)38-20-39-30(25)41/h20-22,26-28,32,44-45H,4-19H2,1-3H3,(H,36,42)(H,37,46)(H,50,51)(H,52,53)(H2,35,38,39)(H2,47,48,49)/t22-,26-,27-,28+,32-,34?/m1/s1. The maximum Gasteiger partial charge on any atom is 0.481 e. The molecule has 63 heavy (non-hydrogen) atoms. The number of nitrogen functional groups attached to an aromatic ring is 1. The maximum atomic E-state index is 12.7. The molecule has 8 atom stereocenters. The number of nitrogens with zero attached hydrogens (tertiary/aromatic N) is 4. The number of nitrogens with two attached hydrogens (primary N) is 1. The van der Waals surface area contributed by atoms with Crippen LogP contribution in [-0.4, -0.2) is 135 Å². The normalized spacial score (nSPS) is 23.8. The van der Waals surface area contributed by atoms with Gasteiger partial charge in [-0.1, -0.05) is 77.5 Å². The summed E-state index contributed by atoms with van der Waals surface area (Å²) in [4.78, 5) is 88.6. The number of aromatic nitrogens is 4. The molecule has 2 aromatic heterocycles. The fraction of sp³-hybridized carbons (Fsp3) is 0.765. The molecule has 10 N–H and O–H groups in total. The Morgan fingerprint density at radius 1 is 1.02 bits per heavy atom. The van der Waals surface area contributed by atoms with E-state index in [-0.39, 0.29) is 47.2 Å². The van der Waals surface area contributed by atoms with Gasteiger partial charge in [0.1, 0.15) is 36.3 Å². The number of amides is 2. The number of rotatable bonds is 29. The zero-order valence-electron chi connectivity index (χ0n) is 35.1. The summed E-state index contributed by atoms with van der Waals surface area (Å²) in [6.45, 7) is 3.27. The molecule has 0 spiro atoms. The van der Waals surface area contributed by atoms with Crippen molar-refractivity contribution in [1.82, 2.24) is 30.2 Å². The van der Waals surface area contributed by atoms with E-state index in [0.717, 1.165) is 48.2 Å². The summed E-state index contributed by atoms with van der Waals surface area (Å²) >= 11 is 1.11. The molecular weight excluding hydrogens is 919 g/mol. The number of imidazole rings is 1. The van der Waals surface area contributed by atoms with Crippen molar-refractivity contribution in [3.05, 3.63) is 12.7 Å². The van der Waals surface area contributed by atoms with Crippen LogP contribution < -0.4 is 16.4 Å². The molecule has 4 heterocycles. The van der Waals surface area contributed by atoms with E-state index in [1.165, 1.54) is 46.0 Å². The lowest BCUT2D eigenvalue weighted by Crippen LogP contribution is -2.46. The van der Waals surface area contributed by atoms with Gasteiger partial charge in [-0.05, 0) is 6.42 Å². The number of unbranched alkanes of at least 4 members (excludes halogenated alkanes) is 6. The van der Waals surface area contributed by atoms with E-state index in [0.29, 0.717) is 18.8 Å². The third-order valence-corrected chi connectivity index (χ3v) is 14.0. The molecule has 2 amide bonds. The number of phosphoric acid groups is 3. The Morgan fingerprint density at radius 2 is 1.68 bits per heavy atom. The van der Waals surface area contributed by atoms with Crippen molar-refractivity contribution in [1.29, 1.82) is 0 Å². The number of aliphatic hydroxyl groups is 2. The molecule has 2 aliphatic rings. The SMILES string of the molecule is CCCCCCCCCC1(CC(=O)SCCNC(=O)CCNC(=O)[C@H](O)C(C)(C)COP(=O)(O)OP(=O)(O)OC[C@H]2O[C@@H](n3cnc4c(N)ncnc43)[C@H](O)[C@@H]2OP(=O)(O)O)CO1. The molecule has 4 rings (SSSR count). The van der Waals surface area contributed by atoms with Crippen molar-refractivity contribution in [2.75, 3.05) is 44.4 Å². The first kappa shape index (κ1) is 53.1. The van der Waals surface area contributed by atoms with Crippen LogP contribution in [0.4, 0.5) is 5.82 Å². The van der Waals surface area contributed by atoms with Gasteiger partial charge in [-0.15, -0.1) is 0 Å². The number of carbonyl (C=O) groups excluding carboxylic acids is 3. The molecule has 358 valence electrons. The van der Waals surface area contributed by atoms with Gasteiger partial charge in [0.25, 0.3) is 0 Å². The van der Waals surface area contributed by atoms with Crippen LogP contribution in [0.2, 0.25) is 0 Å². The molecule has 2 saturated heterocycles. The quantitative estimate of drug-likeness (QED) is 0.0319. The van der Waals surface area contributed by atoms with Crippen molar-refractivity contribution in [2.24, 2.45) is 5.41 Å². The molecule has 0 radical (unpaired) electrons. The Bertz CT molecular complexity index is 2000. The number of ether oxygens (including phenoxy) is 2. The Labute approximate surface area is 367 Å². The molecule has 29 heteroatoms. The molecule has 2 aromatic rings. The Hall–Kier alpha value is -2.48. The van der Waals surface area contributed by atoms with E-state index < -0.39 is 84.6 Å². The third-order valence-electron chi connectivity index (χ3n) is 10.0. The minimum absolute atomic E-state index is 0.0124. The van der Waals surface area contributed by atoms with E-state index in [9.17, 15) is 57.9 Å². The van der Waals surface area contributed by atoms with Crippen LogP contribution in [0.3, 0.4) is 0 Å². The molecule has 0 aromatic carbocycles. The van der Waals surface area contributed by atoms with Gasteiger partial charge in [0.2, 0.25) is 11.8 Å². The van der Waals surface area contributed by atoms with E-state index in [4.69, 9.17) is 24.3 Å². The average Bonchev–Trinajstić information content (AvgIpc) is 3.70. The molecule has 2 aliphatic heterocycles. The second kappa shape index (κ2) is 23.3. The molecule has 0 saturated carbocycles. The lowest BCUT2D eigenvalue weighted by Gasteiger charge is -2.30. The van der Waals surface area contributed by atoms with Crippen LogP contribution in [0.25, 0.3) is 11.2 Å². The topological polar surface area (TPSA) is 376 Å². The highest BCUT2D eigenvalue weighted by Gasteiger charge is 2.50. The summed E-state index contributed by atoms with van der Waals surface area (Å²) in [6, 6.07) is 0. The second-order valence-electron chi connectivity index (χ2n) is 15.8. The number of thioether (sulfide) groups is 1. The summed E-state index contributed by atoms with van der Waals surface area (Å²) < 4.78 is 68.0.